The maximum atomic E-state index is 13.3. The minimum absolute atomic E-state index is 0.0343. The summed E-state index contributed by atoms with van der Waals surface area (Å²) >= 11 is 0. The van der Waals surface area contributed by atoms with E-state index in [0.717, 1.165) is 62.9 Å². The number of nitrogens with two attached hydrogens (primary N) is 1. The third-order valence-electron chi connectivity index (χ3n) is 6.74. The van der Waals surface area contributed by atoms with Crippen LogP contribution in [0.15, 0.2) is 0 Å². The van der Waals surface area contributed by atoms with Crippen molar-refractivity contribution >= 4 is 11.9 Å². The Hall–Kier alpha value is -1.73. The molecule has 1 aromatic rings. The second-order valence-electron chi connectivity index (χ2n) is 8.57. The molecule has 1 aromatic heterocycles. The van der Waals surface area contributed by atoms with Gasteiger partial charge in [0.15, 0.2) is 0 Å². The predicted molar refractivity (Wildman–Crippen MR) is 103 cm³/mol. The Balaban J connectivity index is 1.54. The van der Waals surface area contributed by atoms with Crippen LogP contribution in [0.25, 0.3) is 0 Å². The number of amides is 1. The number of hydrogen-bond donors (Lipinski definition) is 1. The molecule has 1 saturated heterocycles. The van der Waals surface area contributed by atoms with Crippen molar-refractivity contribution in [3.63, 3.8) is 0 Å². The summed E-state index contributed by atoms with van der Waals surface area (Å²) in [5.41, 5.74) is 8.45. The van der Waals surface area contributed by atoms with E-state index in [-0.39, 0.29) is 18.0 Å². The fourth-order valence-corrected chi connectivity index (χ4v) is 5.29. The molecule has 4 rings (SSSR count). The molecule has 7 heteroatoms. The number of aryl methyl sites for hydroxylation is 1. The SMILES string of the molecule is CO[C@@H]1C[C@H]2CN(C(=O)c3nc(N)nc4c3CCCC4)C[C@H]2C[C@H]1N(C)C. The highest BCUT2D eigenvalue weighted by molar-refractivity contribution is 5.94. The Kier molecular flexibility index (Phi) is 5.07. The molecule has 2 heterocycles. The van der Waals surface area contributed by atoms with E-state index in [0.29, 0.717) is 23.6 Å². The summed E-state index contributed by atoms with van der Waals surface area (Å²) in [5.74, 6) is 1.29. The summed E-state index contributed by atoms with van der Waals surface area (Å²) < 4.78 is 5.76. The number of nitrogens with zero attached hydrogens (tertiary/aromatic N) is 4. The molecule has 3 aliphatic rings. The normalized spacial score (nSPS) is 30.3. The number of hydrogen-bond acceptors (Lipinski definition) is 6. The number of nitrogen functional groups attached to an aromatic ring is 1. The Morgan fingerprint density at radius 2 is 1.85 bits per heavy atom. The van der Waals surface area contributed by atoms with Gasteiger partial charge >= 0.3 is 0 Å². The zero-order chi connectivity index (χ0) is 19.1. The molecule has 0 aromatic carbocycles. The van der Waals surface area contributed by atoms with Gasteiger partial charge in [-0.1, -0.05) is 0 Å². The van der Waals surface area contributed by atoms with Crippen molar-refractivity contribution in [3.8, 4) is 0 Å². The molecule has 7 nitrogen and oxygen atoms in total. The van der Waals surface area contributed by atoms with Crippen LogP contribution in [0.4, 0.5) is 5.95 Å². The van der Waals surface area contributed by atoms with Gasteiger partial charge in [-0.05, 0) is 64.5 Å². The number of carbonyl (C=O) groups is 1. The van der Waals surface area contributed by atoms with Crippen molar-refractivity contribution < 1.29 is 9.53 Å². The van der Waals surface area contributed by atoms with Gasteiger partial charge in [-0.2, -0.15) is 0 Å². The molecule has 4 atom stereocenters. The van der Waals surface area contributed by atoms with Crippen molar-refractivity contribution in [2.75, 3.05) is 40.0 Å². The van der Waals surface area contributed by atoms with Gasteiger partial charge in [0.1, 0.15) is 5.69 Å². The minimum Gasteiger partial charge on any atom is -0.380 e. The van der Waals surface area contributed by atoms with Crippen LogP contribution in [0.5, 0.6) is 0 Å². The highest BCUT2D eigenvalue weighted by Gasteiger charge is 2.44. The second-order valence-corrected chi connectivity index (χ2v) is 8.57. The minimum atomic E-state index is 0.0343. The Morgan fingerprint density at radius 1 is 1.15 bits per heavy atom. The number of methoxy groups -OCH3 is 1. The lowest BCUT2D eigenvalue weighted by Crippen LogP contribution is -2.47. The van der Waals surface area contributed by atoms with Crippen molar-refractivity contribution in [2.24, 2.45) is 11.8 Å². The second kappa shape index (κ2) is 7.36. The van der Waals surface area contributed by atoms with E-state index >= 15 is 0 Å². The number of likely N-dealkylation sites (N-methyl/N-ethyl adjacent to an activating group) is 1. The van der Waals surface area contributed by atoms with E-state index in [1.165, 1.54) is 0 Å². The molecular weight excluding hydrogens is 342 g/mol. The standard InChI is InChI=1S/C20H31N5O2/c1-24(2)16-8-12-10-25(11-13(12)9-17(16)27-3)19(26)18-14-6-4-5-7-15(14)22-20(21)23-18/h12-13,16-17H,4-11H2,1-3H3,(H2,21,22,23)/t12-,13+,16-,17-/m1/s1. The van der Waals surface area contributed by atoms with E-state index in [4.69, 9.17) is 10.5 Å². The summed E-state index contributed by atoms with van der Waals surface area (Å²) in [6.07, 6.45) is 6.29. The number of fused-ring (bicyclic) bond motifs is 2. The van der Waals surface area contributed by atoms with Crippen LogP contribution in [0.3, 0.4) is 0 Å². The molecule has 0 bridgehead atoms. The summed E-state index contributed by atoms with van der Waals surface area (Å²) in [5, 5.41) is 0. The maximum absolute atomic E-state index is 13.3. The van der Waals surface area contributed by atoms with E-state index in [1.54, 1.807) is 7.11 Å². The molecular formula is C20H31N5O2. The van der Waals surface area contributed by atoms with Crippen LogP contribution in [0.2, 0.25) is 0 Å². The number of carbonyl (C=O) groups excluding carboxylic acids is 1. The van der Waals surface area contributed by atoms with Crippen LogP contribution >= 0.6 is 0 Å². The van der Waals surface area contributed by atoms with Gasteiger partial charge in [-0.3, -0.25) is 4.79 Å². The average Bonchev–Trinajstić information content (AvgIpc) is 3.08. The molecule has 148 valence electrons. The topological polar surface area (TPSA) is 84.6 Å². The van der Waals surface area contributed by atoms with Crippen LogP contribution in [-0.2, 0) is 17.6 Å². The smallest absolute Gasteiger partial charge is 0.272 e. The van der Waals surface area contributed by atoms with Gasteiger partial charge in [0.05, 0.1) is 6.10 Å². The number of aromatic nitrogens is 2. The molecule has 0 unspecified atom stereocenters. The van der Waals surface area contributed by atoms with Gasteiger partial charge in [-0.25, -0.2) is 9.97 Å². The largest absolute Gasteiger partial charge is 0.380 e. The van der Waals surface area contributed by atoms with Crippen molar-refractivity contribution in [2.45, 2.75) is 50.7 Å². The Bertz CT molecular complexity index is 723. The lowest BCUT2D eigenvalue weighted by atomic mass is 9.77. The predicted octanol–water partition coefficient (Wildman–Crippen LogP) is 1.36. The number of likely N-dealkylation sites (tertiary alicyclic amines) is 1. The molecule has 1 saturated carbocycles. The molecule has 2 N–H and O–H groups in total. The van der Waals surface area contributed by atoms with Crippen LogP contribution in [0, 0.1) is 11.8 Å². The molecule has 1 aliphatic heterocycles. The number of anilines is 1. The fraction of sp³-hybridized carbons (Fsp3) is 0.750. The quantitative estimate of drug-likeness (QED) is 0.861. The van der Waals surface area contributed by atoms with E-state index < -0.39 is 0 Å². The monoisotopic (exact) mass is 373 g/mol. The lowest BCUT2D eigenvalue weighted by molar-refractivity contribution is -0.0209. The first-order valence-electron chi connectivity index (χ1n) is 10.1. The lowest BCUT2D eigenvalue weighted by Gasteiger charge is -2.40. The summed E-state index contributed by atoms with van der Waals surface area (Å²) in [6, 6.07) is 0.411. The van der Waals surface area contributed by atoms with Gasteiger partial charge in [0.25, 0.3) is 5.91 Å². The molecule has 0 radical (unpaired) electrons. The van der Waals surface area contributed by atoms with Gasteiger partial charge in [0, 0.05) is 37.5 Å². The van der Waals surface area contributed by atoms with Crippen molar-refractivity contribution in [1.29, 1.82) is 0 Å². The zero-order valence-electron chi connectivity index (χ0n) is 16.6. The first-order chi connectivity index (χ1) is 13.0. The van der Waals surface area contributed by atoms with E-state index in [2.05, 4.69) is 29.0 Å². The number of rotatable bonds is 3. The van der Waals surface area contributed by atoms with Gasteiger partial charge < -0.3 is 20.3 Å². The van der Waals surface area contributed by atoms with Gasteiger partial charge in [0.2, 0.25) is 5.95 Å². The zero-order valence-corrected chi connectivity index (χ0v) is 16.6. The third-order valence-corrected chi connectivity index (χ3v) is 6.74. The molecule has 27 heavy (non-hydrogen) atoms. The van der Waals surface area contributed by atoms with Crippen LogP contribution in [0.1, 0.15) is 47.4 Å². The highest BCUT2D eigenvalue weighted by atomic mass is 16.5. The summed E-state index contributed by atoms with van der Waals surface area (Å²) in [7, 11) is 6.03. The van der Waals surface area contributed by atoms with Crippen molar-refractivity contribution in [3.05, 3.63) is 17.0 Å². The molecule has 2 aliphatic carbocycles. The van der Waals surface area contributed by atoms with Crippen LogP contribution < -0.4 is 5.73 Å². The first kappa shape index (κ1) is 18.6. The van der Waals surface area contributed by atoms with Gasteiger partial charge in [-0.15, -0.1) is 0 Å². The third kappa shape index (κ3) is 3.43. The maximum Gasteiger partial charge on any atom is 0.272 e. The van der Waals surface area contributed by atoms with Crippen molar-refractivity contribution in [1.82, 2.24) is 19.8 Å². The number of ether oxygens (including phenoxy) is 1. The molecule has 1 amide bonds. The van der Waals surface area contributed by atoms with E-state index in [1.807, 2.05) is 4.90 Å². The fourth-order valence-electron chi connectivity index (χ4n) is 5.29. The molecule has 2 fully saturated rings. The molecule has 0 spiro atoms. The summed E-state index contributed by atoms with van der Waals surface area (Å²) in [6.45, 7) is 1.60. The Morgan fingerprint density at radius 3 is 2.56 bits per heavy atom. The first-order valence-corrected chi connectivity index (χ1v) is 10.1. The Labute approximate surface area is 161 Å². The average molecular weight is 374 g/mol. The van der Waals surface area contributed by atoms with Crippen LogP contribution in [-0.4, -0.2) is 72.1 Å². The highest BCUT2D eigenvalue weighted by Crippen LogP contribution is 2.39. The van der Waals surface area contributed by atoms with E-state index in [9.17, 15) is 4.79 Å². The summed E-state index contributed by atoms with van der Waals surface area (Å²) in [4.78, 5) is 26.3.